The Balaban J connectivity index is 1.53. The first-order chi connectivity index (χ1) is 20.6. The van der Waals surface area contributed by atoms with E-state index in [0.717, 1.165) is 6.07 Å². The molecule has 1 aliphatic rings. The molecule has 0 amide bonds. The van der Waals surface area contributed by atoms with Crippen molar-refractivity contribution in [2.75, 3.05) is 14.2 Å². The summed E-state index contributed by atoms with van der Waals surface area (Å²) in [4.78, 5) is 26.4. The first-order valence-electron chi connectivity index (χ1n) is 13.2. The monoisotopic (exact) mass is 582 g/mol. The lowest BCUT2D eigenvalue weighted by atomic mass is 9.91. The molecule has 0 saturated heterocycles. The van der Waals surface area contributed by atoms with E-state index in [1.807, 2.05) is 0 Å². The van der Waals surface area contributed by atoms with Crippen LogP contribution in [0, 0.1) is 6.92 Å². The molecule has 1 atom stereocenters. The van der Waals surface area contributed by atoms with Gasteiger partial charge in [0.05, 0.1) is 26.2 Å². The van der Waals surface area contributed by atoms with Gasteiger partial charge in [0.25, 0.3) is 0 Å². The topological polar surface area (TPSA) is 156 Å². The third-order valence-electron chi connectivity index (χ3n) is 7.59. The van der Waals surface area contributed by atoms with Gasteiger partial charge in [-0.15, -0.1) is 0 Å². The van der Waals surface area contributed by atoms with Crippen LogP contribution in [0.4, 0.5) is 0 Å². The standard InChI is InChI=1S/C33H26O10/c1-15-25(41-3)14-28-31(32(15)39)23(38)13-27(42-28)17-6-9-24(40-2)19(10-17)29-20(35)11-21(36)30-22(37)12-26(43-33(29)30)16-4-7-18(34)8-5-16/h4-12,14,27,34-36,39H,13H2,1-3H3/t27-/m0/s1. The molecule has 0 fully saturated rings. The van der Waals surface area contributed by atoms with Gasteiger partial charge in [0.15, 0.2) is 16.8 Å². The fourth-order valence-corrected chi connectivity index (χ4v) is 5.40. The Bertz CT molecular complexity index is 1990. The molecular weight excluding hydrogens is 556 g/mol. The van der Waals surface area contributed by atoms with Crippen molar-refractivity contribution in [2.45, 2.75) is 19.4 Å². The number of carbonyl (C=O) groups is 1. The number of aromatic hydroxyl groups is 4. The summed E-state index contributed by atoms with van der Waals surface area (Å²) in [5.41, 5.74) is 1.24. The van der Waals surface area contributed by atoms with Crippen molar-refractivity contribution in [1.29, 1.82) is 0 Å². The van der Waals surface area contributed by atoms with Crippen LogP contribution in [0.15, 0.2) is 69.9 Å². The predicted molar refractivity (Wildman–Crippen MR) is 157 cm³/mol. The molecule has 10 nitrogen and oxygen atoms in total. The van der Waals surface area contributed by atoms with Gasteiger partial charge < -0.3 is 39.1 Å². The molecule has 0 bridgehead atoms. The zero-order chi connectivity index (χ0) is 30.6. The van der Waals surface area contributed by atoms with Crippen LogP contribution in [0.5, 0.6) is 40.2 Å². The minimum Gasteiger partial charge on any atom is -0.508 e. The number of ether oxygens (including phenoxy) is 3. The number of ketones is 1. The maximum absolute atomic E-state index is 13.2. The van der Waals surface area contributed by atoms with Crippen molar-refractivity contribution in [3.05, 3.63) is 87.6 Å². The molecule has 0 aliphatic carbocycles. The number of methoxy groups -OCH3 is 2. The first-order valence-corrected chi connectivity index (χ1v) is 13.2. The summed E-state index contributed by atoms with van der Waals surface area (Å²) in [7, 11) is 2.89. The lowest BCUT2D eigenvalue weighted by Crippen LogP contribution is -2.21. The molecule has 1 aliphatic heterocycles. The van der Waals surface area contributed by atoms with Crippen molar-refractivity contribution in [3.63, 3.8) is 0 Å². The molecule has 0 saturated carbocycles. The smallest absolute Gasteiger partial charge is 0.197 e. The summed E-state index contributed by atoms with van der Waals surface area (Å²) in [6.07, 6.45) is -0.859. The maximum atomic E-state index is 13.2. The summed E-state index contributed by atoms with van der Waals surface area (Å²) in [5, 5.41) is 41.9. The normalized spacial score (nSPS) is 14.3. The molecule has 10 heteroatoms. The number of hydrogen-bond acceptors (Lipinski definition) is 10. The molecular formula is C33H26O10. The second-order valence-corrected chi connectivity index (χ2v) is 10.1. The highest BCUT2D eigenvalue weighted by Crippen LogP contribution is 2.48. The molecule has 0 spiro atoms. The number of fused-ring (bicyclic) bond motifs is 2. The Morgan fingerprint density at radius 2 is 1.53 bits per heavy atom. The number of carbonyl (C=O) groups excluding carboxylic acids is 1. The van der Waals surface area contributed by atoms with E-state index in [4.69, 9.17) is 18.6 Å². The average molecular weight is 583 g/mol. The molecule has 4 aromatic carbocycles. The van der Waals surface area contributed by atoms with Crippen molar-refractivity contribution in [2.24, 2.45) is 0 Å². The van der Waals surface area contributed by atoms with E-state index >= 15 is 0 Å². The third kappa shape index (κ3) is 4.53. The molecule has 218 valence electrons. The lowest BCUT2D eigenvalue weighted by molar-refractivity contribution is 0.0844. The Labute approximate surface area is 244 Å². The highest BCUT2D eigenvalue weighted by Gasteiger charge is 2.33. The van der Waals surface area contributed by atoms with Crippen LogP contribution < -0.4 is 19.6 Å². The van der Waals surface area contributed by atoms with Crippen molar-refractivity contribution < 1.29 is 43.8 Å². The molecule has 4 N–H and O–H groups in total. The number of benzene rings is 4. The van der Waals surface area contributed by atoms with E-state index in [1.54, 1.807) is 43.3 Å². The zero-order valence-electron chi connectivity index (χ0n) is 23.3. The molecule has 0 radical (unpaired) electrons. The summed E-state index contributed by atoms with van der Waals surface area (Å²) >= 11 is 0. The average Bonchev–Trinajstić information content (AvgIpc) is 2.98. The Kier molecular flexibility index (Phi) is 6.61. The second kappa shape index (κ2) is 10.3. The van der Waals surface area contributed by atoms with Crippen molar-refractivity contribution in [1.82, 2.24) is 0 Å². The molecule has 5 aromatic rings. The fourth-order valence-electron chi connectivity index (χ4n) is 5.40. The van der Waals surface area contributed by atoms with Crippen molar-refractivity contribution >= 4 is 16.8 Å². The van der Waals surface area contributed by atoms with Crippen LogP contribution in [0.2, 0.25) is 0 Å². The number of Topliss-reactive ketones (excluding diaryl/α,β-unsaturated/α-hetero) is 1. The van der Waals surface area contributed by atoms with Gasteiger partial charge in [-0.1, -0.05) is 6.07 Å². The van der Waals surface area contributed by atoms with Gasteiger partial charge in [0.2, 0.25) is 0 Å². The van der Waals surface area contributed by atoms with Crippen LogP contribution >= 0.6 is 0 Å². The van der Waals surface area contributed by atoms with Crippen LogP contribution in [0.3, 0.4) is 0 Å². The van der Waals surface area contributed by atoms with Gasteiger partial charge in [0.1, 0.15) is 63.1 Å². The van der Waals surface area contributed by atoms with Gasteiger partial charge in [-0.2, -0.15) is 0 Å². The number of rotatable bonds is 5. The van der Waals surface area contributed by atoms with Gasteiger partial charge >= 0.3 is 0 Å². The number of hydrogen-bond donors (Lipinski definition) is 4. The van der Waals surface area contributed by atoms with E-state index in [1.165, 1.54) is 32.4 Å². The summed E-state index contributed by atoms with van der Waals surface area (Å²) in [5.74, 6) is -0.383. The zero-order valence-corrected chi connectivity index (χ0v) is 23.3. The minimum atomic E-state index is -0.776. The highest BCUT2D eigenvalue weighted by molar-refractivity contribution is 6.04. The largest absolute Gasteiger partial charge is 0.508 e. The SMILES string of the molecule is COc1ccc([C@@H]2CC(=O)c3c(cc(OC)c(C)c3O)O2)cc1-c1c(O)cc(O)c2c(=O)cc(-c3ccc(O)cc3)oc12. The van der Waals surface area contributed by atoms with E-state index < -0.39 is 17.3 Å². The quantitative estimate of drug-likeness (QED) is 0.194. The van der Waals surface area contributed by atoms with Crippen LogP contribution in [-0.4, -0.2) is 40.4 Å². The summed E-state index contributed by atoms with van der Waals surface area (Å²) in [6.45, 7) is 1.64. The first kappa shape index (κ1) is 27.5. The van der Waals surface area contributed by atoms with Gasteiger partial charge in [-0.05, 0) is 48.9 Å². The van der Waals surface area contributed by atoms with E-state index in [-0.39, 0.29) is 63.1 Å². The molecule has 2 heterocycles. The third-order valence-corrected chi connectivity index (χ3v) is 7.59. The summed E-state index contributed by atoms with van der Waals surface area (Å²) in [6, 6.07) is 14.8. The fraction of sp³-hybridized carbons (Fsp3) is 0.152. The van der Waals surface area contributed by atoms with Gasteiger partial charge in [-0.25, -0.2) is 0 Å². The lowest BCUT2D eigenvalue weighted by Gasteiger charge is -2.28. The van der Waals surface area contributed by atoms with E-state index in [0.29, 0.717) is 33.8 Å². The van der Waals surface area contributed by atoms with E-state index in [9.17, 15) is 30.0 Å². The molecule has 0 unspecified atom stereocenters. The maximum Gasteiger partial charge on any atom is 0.197 e. The predicted octanol–water partition coefficient (Wildman–Crippen LogP) is 5.98. The van der Waals surface area contributed by atoms with Gasteiger partial charge in [0, 0.05) is 34.9 Å². The van der Waals surface area contributed by atoms with Crippen LogP contribution in [0.25, 0.3) is 33.4 Å². The Morgan fingerprint density at radius 1 is 0.814 bits per heavy atom. The second-order valence-electron chi connectivity index (χ2n) is 10.1. The van der Waals surface area contributed by atoms with Crippen LogP contribution in [0.1, 0.15) is 34.0 Å². The van der Waals surface area contributed by atoms with Gasteiger partial charge in [-0.3, -0.25) is 9.59 Å². The minimum absolute atomic E-state index is 0.0271. The highest BCUT2D eigenvalue weighted by atomic mass is 16.5. The molecule has 43 heavy (non-hydrogen) atoms. The molecule has 1 aromatic heterocycles. The Hall–Kier alpha value is -5.64. The molecule has 6 rings (SSSR count). The van der Waals surface area contributed by atoms with Crippen LogP contribution in [-0.2, 0) is 0 Å². The number of phenolic OH excluding ortho intramolecular Hbond substituents is 4. The summed E-state index contributed by atoms with van der Waals surface area (Å²) < 4.78 is 23.2. The number of phenols is 4. The van der Waals surface area contributed by atoms with Crippen molar-refractivity contribution in [3.8, 4) is 62.7 Å². The van der Waals surface area contributed by atoms with E-state index in [2.05, 4.69) is 0 Å². The Morgan fingerprint density at radius 3 is 2.23 bits per heavy atom.